The third kappa shape index (κ3) is 7.93. The van der Waals surface area contributed by atoms with Crippen LogP contribution >= 0.6 is 0 Å². The summed E-state index contributed by atoms with van der Waals surface area (Å²) in [5.74, 6) is -1.49. The number of ether oxygens (including phenoxy) is 2. The zero-order valence-electron chi connectivity index (χ0n) is 25.0. The van der Waals surface area contributed by atoms with E-state index >= 15 is 0 Å². The molecule has 2 aliphatic rings. The Balaban J connectivity index is 1.73. The molecule has 8 nitrogen and oxygen atoms in total. The summed E-state index contributed by atoms with van der Waals surface area (Å²) in [6, 6.07) is 8.90. The van der Waals surface area contributed by atoms with Crippen LogP contribution in [0.5, 0.6) is 0 Å². The Morgan fingerprint density at radius 2 is 1.70 bits per heavy atom. The maximum absolute atomic E-state index is 13.7. The van der Waals surface area contributed by atoms with Gasteiger partial charge in [-0.3, -0.25) is 19.2 Å². The van der Waals surface area contributed by atoms with Gasteiger partial charge in [-0.05, 0) is 44.1 Å². The first-order valence-corrected chi connectivity index (χ1v) is 15.1. The molecule has 3 unspecified atom stereocenters. The maximum atomic E-state index is 13.7. The number of likely N-dealkylation sites (tertiary alicyclic amines) is 1. The van der Waals surface area contributed by atoms with Gasteiger partial charge in [-0.25, -0.2) is 0 Å². The number of esters is 1. The van der Waals surface area contributed by atoms with E-state index in [4.69, 9.17) is 9.47 Å². The second-order valence-corrected chi connectivity index (χ2v) is 11.9. The number of benzene rings is 1. The van der Waals surface area contributed by atoms with Crippen LogP contribution in [0.25, 0.3) is 0 Å². The number of ketones is 1. The molecule has 2 fully saturated rings. The molecular formula is C32H48N2O6. The molecule has 2 bridgehead atoms. The summed E-state index contributed by atoms with van der Waals surface area (Å²) in [6.07, 6.45) is 5.55. The number of Topliss-reactive ketones (excluding diaryl/α,β-unsaturated/α-hetero) is 1. The van der Waals surface area contributed by atoms with E-state index in [-0.39, 0.29) is 37.0 Å². The number of carbonyl (C=O) groups excluding carboxylic acids is 4. The number of hydrogen-bond acceptors (Lipinski definition) is 6. The average Bonchev–Trinajstić information content (AvgIpc) is 2.96. The molecule has 0 spiro atoms. The summed E-state index contributed by atoms with van der Waals surface area (Å²) in [4.78, 5) is 56.2. The molecule has 0 radical (unpaired) electrons. The Kier molecular flexibility index (Phi) is 11.7. The van der Waals surface area contributed by atoms with Gasteiger partial charge in [0.2, 0.25) is 11.7 Å². The van der Waals surface area contributed by atoms with E-state index in [0.29, 0.717) is 26.0 Å². The van der Waals surface area contributed by atoms with Gasteiger partial charge in [-0.2, -0.15) is 0 Å². The minimum atomic E-state index is -0.765. The summed E-state index contributed by atoms with van der Waals surface area (Å²) >= 11 is 0. The molecular weight excluding hydrogens is 508 g/mol. The van der Waals surface area contributed by atoms with Gasteiger partial charge < -0.3 is 19.3 Å². The van der Waals surface area contributed by atoms with Crippen molar-refractivity contribution in [3.8, 4) is 0 Å². The van der Waals surface area contributed by atoms with Gasteiger partial charge in [0, 0.05) is 12.0 Å². The number of nitrogens with zero attached hydrogens (tertiary/aromatic N) is 2. The van der Waals surface area contributed by atoms with Gasteiger partial charge in [0.05, 0.1) is 25.1 Å². The fourth-order valence-electron chi connectivity index (χ4n) is 5.65. The maximum Gasteiger partial charge on any atom is 0.309 e. The summed E-state index contributed by atoms with van der Waals surface area (Å²) in [6.45, 7) is 10.6. The zero-order valence-corrected chi connectivity index (χ0v) is 25.0. The van der Waals surface area contributed by atoms with Gasteiger partial charge in [0.15, 0.2) is 0 Å². The fourth-order valence-corrected chi connectivity index (χ4v) is 5.65. The Hall–Kier alpha value is -2.74. The zero-order chi connectivity index (χ0) is 29.3. The third-order valence-corrected chi connectivity index (χ3v) is 8.47. The van der Waals surface area contributed by atoms with Gasteiger partial charge in [-0.1, -0.05) is 77.8 Å². The van der Waals surface area contributed by atoms with Crippen LogP contribution in [-0.2, 0) is 35.3 Å². The monoisotopic (exact) mass is 556 g/mol. The molecule has 3 atom stereocenters. The molecule has 2 amide bonds. The van der Waals surface area contributed by atoms with E-state index in [1.807, 2.05) is 37.3 Å². The summed E-state index contributed by atoms with van der Waals surface area (Å²) < 4.78 is 12.0. The minimum absolute atomic E-state index is 0.0561. The normalized spacial score (nSPS) is 20.0. The number of hydrogen-bond donors (Lipinski definition) is 0. The van der Waals surface area contributed by atoms with Crippen molar-refractivity contribution < 1.29 is 28.7 Å². The Labute approximate surface area is 239 Å². The van der Waals surface area contributed by atoms with Crippen LogP contribution in [-0.4, -0.2) is 71.3 Å². The average molecular weight is 557 g/mol. The molecule has 3 rings (SSSR count). The Morgan fingerprint density at radius 3 is 2.33 bits per heavy atom. The van der Waals surface area contributed by atoms with E-state index in [1.165, 1.54) is 0 Å². The number of piperidine rings is 1. The molecule has 2 aliphatic heterocycles. The SMILES string of the molecule is CCCC(CCC)C(=O)OCC(CN1CC2CCCC(C1=O)N2C(=O)C(=O)C(C)(C)CC)OCc1ccccc1. The first-order valence-electron chi connectivity index (χ1n) is 15.1. The van der Waals surface area contributed by atoms with Crippen molar-refractivity contribution in [3.05, 3.63) is 35.9 Å². The molecule has 2 saturated heterocycles. The molecule has 0 saturated carbocycles. The van der Waals surface area contributed by atoms with Crippen LogP contribution in [0.3, 0.4) is 0 Å². The number of rotatable bonds is 15. The smallest absolute Gasteiger partial charge is 0.309 e. The second kappa shape index (κ2) is 14.8. The molecule has 1 aromatic rings. The van der Waals surface area contributed by atoms with E-state index < -0.39 is 29.3 Å². The Bertz CT molecular complexity index is 1000. The van der Waals surface area contributed by atoms with Gasteiger partial charge in [-0.15, -0.1) is 0 Å². The molecule has 222 valence electrons. The standard InChI is InChI=1S/C32H48N2O6/c1-6-13-24(14-7-2)31(38)40-22-26(39-21-23-15-10-9-11-16-23)20-33-19-25-17-12-18-27(29(33)36)34(25)30(37)28(35)32(4,5)8-3/h9-11,15-16,24-27H,6-8,12-14,17-22H2,1-5H3. The minimum Gasteiger partial charge on any atom is -0.463 e. The highest BCUT2D eigenvalue weighted by molar-refractivity contribution is 6.38. The van der Waals surface area contributed by atoms with Crippen LogP contribution < -0.4 is 0 Å². The van der Waals surface area contributed by atoms with Gasteiger partial charge >= 0.3 is 5.97 Å². The van der Waals surface area contributed by atoms with E-state index in [2.05, 4.69) is 13.8 Å². The topological polar surface area (TPSA) is 93.2 Å². The van der Waals surface area contributed by atoms with Crippen LogP contribution in [0.4, 0.5) is 0 Å². The van der Waals surface area contributed by atoms with Crippen LogP contribution in [0.1, 0.15) is 91.5 Å². The van der Waals surface area contributed by atoms with Crippen molar-refractivity contribution in [2.45, 2.75) is 111 Å². The molecule has 0 N–H and O–H groups in total. The van der Waals surface area contributed by atoms with Crippen molar-refractivity contribution >= 4 is 23.6 Å². The van der Waals surface area contributed by atoms with E-state index in [9.17, 15) is 19.2 Å². The van der Waals surface area contributed by atoms with Crippen molar-refractivity contribution in [3.63, 3.8) is 0 Å². The highest BCUT2D eigenvalue weighted by Crippen LogP contribution is 2.32. The Morgan fingerprint density at radius 1 is 1.02 bits per heavy atom. The third-order valence-electron chi connectivity index (χ3n) is 8.47. The summed E-state index contributed by atoms with van der Waals surface area (Å²) in [7, 11) is 0. The molecule has 2 heterocycles. The van der Waals surface area contributed by atoms with Gasteiger partial charge in [0.25, 0.3) is 5.91 Å². The molecule has 0 aliphatic carbocycles. The quantitative estimate of drug-likeness (QED) is 0.225. The summed E-state index contributed by atoms with van der Waals surface area (Å²) in [5.41, 5.74) is 0.225. The first-order chi connectivity index (χ1) is 19.1. The number of carbonyl (C=O) groups is 4. The summed E-state index contributed by atoms with van der Waals surface area (Å²) in [5, 5.41) is 0. The van der Waals surface area contributed by atoms with E-state index in [1.54, 1.807) is 23.6 Å². The number of fused-ring (bicyclic) bond motifs is 2. The highest BCUT2D eigenvalue weighted by atomic mass is 16.6. The lowest BCUT2D eigenvalue weighted by molar-refractivity contribution is -0.167. The predicted molar refractivity (Wildman–Crippen MR) is 153 cm³/mol. The molecule has 8 heteroatoms. The van der Waals surface area contributed by atoms with E-state index in [0.717, 1.165) is 44.1 Å². The number of piperazine rings is 1. The predicted octanol–water partition coefficient (Wildman–Crippen LogP) is 4.93. The first kappa shape index (κ1) is 31.8. The van der Waals surface area contributed by atoms with Crippen molar-refractivity contribution in [1.29, 1.82) is 0 Å². The second-order valence-electron chi connectivity index (χ2n) is 11.9. The lowest BCUT2D eigenvalue weighted by Gasteiger charge is -2.49. The van der Waals surface area contributed by atoms with Crippen LogP contribution in [0.2, 0.25) is 0 Å². The van der Waals surface area contributed by atoms with Crippen LogP contribution in [0, 0.1) is 11.3 Å². The van der Waals surface area contributed by atoms with Crippen molar-refractivity contribution in [2.24, 2.45) is 11.3 Å². The van der Waals surface area contributed by atoms with Crippen molar-refractivity contribution in [2.75, 3.05) is 19.7 Å². The van der Waals surface area contributed by atoms with Gasteiger partial charge in [0.1, 0.15) is 18.8 Å². The van der Waals surface area contributed by atoms with Crippen molar-refractivity contribution in [1.82, 2.24) is 9.80 Å². The largest absolute Gasteiger partial charge is 0.463 e. The highest BCUT2D eigenvalue weighted by Gasteiger charge is 2.48. The number of amides is 2. The lowest BCUT2D eigenvalue weighted by Crippen LogP contribution is -2.67. The lowest BCUT2D eigenvalue weighted by atomic mass is 9.82. The fraction of sp³-hybridized carbons (Fsp3) is 0.688. The molecule has 0 aromatic heterocycles. The molecule has 1 aromatic carbocycles. The molecule has 40 heavy (non-hydrogen) atoms. The van der Waals surface area contributed by atoms with Crippen LogP contribution in [0.15, 0.2) is 30.3 Å².